The van der Waals surface area contributed by atoms with Gasteiger partial charge in [-0.2, -0.15) is 0 Å². The van der Waals surface area contributed by atoms with Crippen LogP contribution in [0.5, 0.6) is 0 Å². The largest absolute Gasteiger partial charge is 0.357 e. The van der Waals surface area contributed by atoms with Gasteiger partial charge in [-0.15, -0.1) is 0 Å². The summed E-state index contributed by atoms with van der Waals surface area (Å²) in [7, 11) is 0. The monoisotopic (exact) mass is 324 g/mol. The van der Waals surface area contributed by atoms with Gasteiger partial charge in [-0.1, -0.05) is 23.8 Å². The molecule has 1 fully saturated rings. The molecular weight excluding hydrogens is 300 g/mol. The molecule has 2 aromatic rings. The number of urea groups is 1. The lowest BCUT2D eigenvalue weighted by Crippen LogP contribution is -2.40. The number of nitrogens with zero attached hydrogens (tertiary/aromatic N) is 2. The molecule has 5 nitrogen and oxygen atoms in total. The molecule has 0 radical (unpaired) electrons. The van der Waals surface area contributed by atoms with Crippen molar-refractivity contribution < 1.29 is 4.79 Å². The van der Waals surface area contributed by atoms with E-state index in [0.29, 0.717) is 12.5 Å². The molecule has 5 heteroatoms. The molecule has 126 valence electrons. The van der Waals surface area contributed by atoms with Crippen molar-refractivity contribution >= 4 is 17.5 Å². The fraction of sp³-hybridized carbons (Fsp3) is 0.368. The quantitative estimate of drug-likeness (QED) is 0.906. The van der Waals surface area contributed by atoms with E-state index in [1.807, 2.05) is 55.6 Å². The summed E-state index contributed by atoms with van der Waals surface area (Å²) in [5.41, 5.74) is 2.00. The van der Waals surface area contributed by atoms with Crippen LogP contribution in [0.2, 0.25) is 0 Å². The molecule has 1 aliphatic rings. The normalized spacial score (nSPS) is 15.1. The summed E-state index contributed by atoms with van der Waals surface area (Å²) in [6.07, 6.45) is 3.97. The van der Waals surface area contributed by atoms with Crippen molar-refractivity contribution in [2.45, 2.75) is 19.8 Å². The predicted molar refractivity (Wildman–Crippen MR) is 97.4 cm³/mol. The van der Waals surface area contributed by atoms with Crippen LogP contribution in [-0.4, -0.2) is 30.6 Å². The highest BCUT2D eigenvalue weighted by atomic mass is 16.2. The second-order valence-electron chi connectivity index (χ2n) is 6.32. The lowest BCUT2D eigenvalue weighted by atomic mass is 9.97. The number of rotatable bonds is 4. The van der Waals surface area contributed by atoms with Gasteiger partial charge in [0.1, 0.15) is 5.82 Å². The molecule has 0 atom stereocenters. The fourth-order valence-corrected chi connectivity index (χ4v) is 2.96. The average Bonchev–Trinajstić information content (AvgIpc) is 2.63. The second kappa shape index (κ2) is 7.81. The van der Waals surface area contributed by atoms with Crippen LogP contribution >= 0.6 is 0 Å². The van der Waals surface area contributed by atoms with E-state index >= 15 is 0 Å². The minimum Gasteiger partial charge on any atom is -0.357 e. The van der Waals surface area contributed by atoms with E-state index in [2.05, 4.69) is 20.5 Å². The van der Waals surface area contributed by atoms with Crippen molar-refractivity contribution in [1.82, 2.24) is 10.3 Å². The second-order valence-corrected chi connectivity index (χ2v) is 6.32. The lowest BCUT2D eigenvalue weighted by molar-refractivity contribution is 0.248. The Morgan fingerprint density at radius 2 is 1.92 bits per heavy atom. The van der Waals surface area contributed by atoms with Crippen molar-refractivity contribution in [3.63, 3.8) is 0 Å². The SMILES string of the molecule is Cc1ccc(NC(=O)NCC2CCN(c3ccccn3)CC2)cc1. The molecule has 1 aromatic carbocycles. The number of carbonyl (C=O) groups excluding carboxylic acids is 1. The van der Waals surface area contributed by atoms with Gasteiger partial charge < -0.3 is 15.5 Å². The number of aromatic nitrogens is 1. The maximum absolute atomic E-state index is 12.0. The zero-order valence-corrected chi connectivity index (χ0v) is 14.0. The van der Waals surface area contributed by atoms with E-state index in [4.69, 9.17) is 0 Å². The standard InChI is InChI=1S/C19H24N4O/c1-15-5-7-17(8-6-15)22-19(24)21-14-16-9-12-23(13-10-16)18-4-2-3-11-20-18/h2-8,11,16H,9-10,12-14H2,1H3,(H2,21,22,24). The number of benzene rings is 1. The molecule has 1 aliphatic heterocycles. The van der Waals surface area contributed by atoms with Gasteiger partial charge in [0.25, 0.3) is 0 Å². The van der Waals surface area contributed by atoms with Crippen molar-refractivity contribution in [2.24, 2.45) is 5.92 Å². The van der Waals surface area contributed by atoms with Gasteiger partial charge in [0, 0.05) is 31.5 Å². The summed E-state index contributed by atoms with van der Waals surface area (Å²) in [5, 5.41) is 5.86. The molecule has 24 heavy (non-hydrogen) atoms. The topological polar surface area (TPSA) is 57.3 Å². The maximum atomic E-state index is 12.0. The van der Waals surface area contributed by atoms with Crippen LogP contribution in [0.15, 0.2) is 48.7 Å². The molecule has 0 spiro atoms. The Labute approximate surface area is 143 Å². The first-order valence-corrected chi connectivity index (χ1v) is 8.48. The fourth-order valence-electron chi connectivity index (χ4n) is 2.96. The Balaban J connectivity index is 1.40. The Hall–Kier alpha value is -2.56. The maximum Gasteiger partial charge on any atom is 0.319 e. The van der Waals surface area contributed by atoms with Gasteiger partial charge in [0.2, 0.25) is 0 Å². The zero-order valence-electron chi connectivity index (χ0n) is 14.0. The van der Waals surface area contributed by atoms with Crippen LogP contribution in [0.1, 0.15) is 18.4 Å². The van der Waals surface area contributed by atoms with E-state index < -0.39 is 0 Å². The average molecular weight is 324 g/mol. The molecule has 1 aromatic heterocycles. The molecule has 2 N–H and O–H groups in total. The van der Waals surface area contributed by atoms with E-state index in [9.17, 15) is 4.79 Å². The van der Waals surface area contributed by atoms with Gasteiger partial charge >= 0.3 is 6.03 Å². The third-order valence-electron chi connectivity index (χ3n) is 4.45. The molecule has 2 heterocycles. The van der Waals surface area contributed by atoms with E-state index in [1.165, 1.54) is 5.56 Å². The number of hydrogen-bond donors (Lipinski definition) is 2. The third-order valence-corrected chi connectivity index (χ3v) is 4.45. The number of carbonyl (C=O) groups is 1. The molecule has 3 rings (SSSR count). The number of nitrogens with one attached hydrogen (secondary N) is 2. The predicted octanol–water partition coefficient (Wildman–Crippen LogP) is 3.43. The summed E-state index contributed by atoms with van der Waals surface area (Å²) in [6, 6.07) is 13.7. The van der Waals surface area contributed by atoms with Gasteiger partial charge in [-0.3, -0.25) is 0 Å². The number of aryl methyl sites for hydroxylation is 1. The van der Waals surface area contributed by atoms with Gasteiger partial charge in [-0.05, 0) is 49.9 Å². The van der Waals surface area contributed by atoms with Crippen LogP contribution in [0.25, 0.3) is 0 Å². The highest BCUT2D eigenvalue weighted by Gasteiger charge is 2.20. The van der Waals surface area contributed by atoms with Crippen molar-refractivity contribution in [3.05, 3.63) is 54.2 Å². The highest BCUT2D eigenvalue weighted by molar-refractivity contribution is 5.89. The summed E-state index contributed by atoms with van der Waals surface area (Å²) in [5.74, 6) is 1.56. The summed E-state index contributed by atoms with van der Waals surface area (Å²) in [4.78, 5) is 18.7. The molecule has 2 amide bonds. The van der Waals surface area contributed by atoms with Crippen molar-refractivity contribution in [3.8, 4) is 0 Å². The van der Waals surface area contributed by atoms with Crippen LogP contribution in [0.3, 0.4) is 0 Å². The smallest absolute Gasteiger partial charge is 0.319 e. The number of piperidine rings is 1. The molecule has 1 saturated heterocycles. The summed E-state index contributed by atoms with van der Waals surface area (Å²) >= 11 is 0. The Morgan fingerprint density at radius 1 is 1.17 bits per heavy atom. The summed E-state index contributed by atoms with van der Waals surface area (Å²) in [6.45, 7) is 4.72. The van der Waals surface area contributed by atoms with E-state index in [-0.39, 0.29) is 6.03 Å². The minimum atomic E-state index is -0.133. The molecule has 0 aliphatic carbocycles. The first-order valence-electron chi connectivity index (χ1n) is 8.48. The van der Waals surface area contributed by atoms with Crippen molar-refractivity contribution in [1.29, 1.82) is 0 Å². The van der Waals surface area contributed by atoms with Gasteiger partial charge in [0.05, 0.1) is 0 Å². The first kappa shape index (κ1) is 16.3. The number of amides is 2. The number of anilines is 2. The Morgan fingerprint density at radius 3 is 2.58 bits per heavy atom. The van der Waals surface area contributed by atoms with E-state index in [1.54, 1.807) is 0 Å². The third kappa shape index (κ3) is 4.47. The first-order chi connectivity index (χ1) is 11.7. The van der Waals surface area contributed by atoms with Crippen LogP contribution in [0.4, 0.5) is 16.3 Å². The number of pyridine rings is 1. The van der Waals surface area contributed by atoms with Crippen LogP contribution < -0.4 is 15.5 Å². The van der Waals surface area contributed by atoms with Crippen molar-refractivity contribution in [2.75, 3.05) is 29.9 Å². The zero-order chi connectivity index (χ0) is 16.8. The van der Waals surface area contributed by atoms with E-state index in [0.717, 1.165) is 37.4 Å². The molecule has 0 bridgehead atoms. The Bertz CT molecular complexity index is 649. The highest BCUT2D eigenvalue weighted by Crippen LogP contribution is 2.21. The lowest BCUT2D eigenvalue weighted by Gasteiger charge is -2.32. The minimum absolute atomic E-state index is 0.133. The van der Waals surface area contributed by atoms with Gasteiger partial charge in [-0.25, -0.2) is 9.78 Å². The Kier molecular flexibility index (Phi) is 5.31. The van der Waals surface area contributed by atoms with Crippen LogP contribution in [-0.2, 0) is 0 Å². The summed E-state index contributed by atoms with van der Waals surface area (Å²) < 4.78 is 0. The molecule has 0 unspecified atom stereocenters. The number of hydrogen-bond acceptors (Lipinski definition) is 3. The van der Waals surface area contributed by atoms with Crippen LogP contribution in [0, 0.1) is 12.8 Å². The van der Waals surface area contributed by atoms with Gasteiger partial charge in [0.15, 0.2) is 0 Å². The molecular formula is C19H24N4O. The molecule has 0 saturated carbocycles.